The topological polar surface area (TPSA) is 75.6 Å². The molecule has 0 aromatic carbocycles. The summed E-state index contributed by atoms with van der Waals surface area (Å²) in [6, 6.07) is 0. The maximum Gasteiger partial charge on any atom is 0.193 e. The third kappa shape index (κ3) is 6.00. The molecule has 2 N–H and O–H groups in total. The molecule has 1 unspecified atom stereocenters. The van der Waals surface area contributed by atoms with E-state index in [2.05, 4.69) is 15.2 Å². The van der Waals surface area contributed by atoms with Crippen LogP contribution in [0.25, 0.3) is 0 Å². The maximum atomic E-state index is 9.76. The van der Waals surface area contributed by atoms with Crippen molar-refractivity contribution >= 4 is 29.9 Å². The highest BCUT2D eigenvalue weighted by atomic mass is 127. The van der Waals surface area contributed by atoms with Crippen LogP contribution in [-0.2, 0) is 14.2 Å². The van der Waals surface area contributed by atoms with Gasteiger partial charge in [0.15, 0.2) is 5.96 Å². The Labute approximate surface area is 155 Å². The fourth-order valence-electron chi connectivity index (χ4n) is 2.99. The molecule has 0 aromatic rings. The van der Waals surface area contributed by atoms with Crippen molar-refractivity contribution in [3.8, 4) is 0 Å². The molecule has 0 saturated carbocycles. The van der Waals surface area contributed by atoms with Gasteiger partial charge in [-0.3, -0.25) is 4.99 Å². The minimum atomic E-state index is -0.105. The maximum absolute atomic E-state index is 9.76. The SMILES string of the molecule is CN=C(NCC1(CO)CCOCC1)N1CCOC(COC)C1.I. The standard InChI is InChI=1S/C15H29N3O4.HI/c1-16-14(18-5-8-22-13(9-18)10-20-2)17-11-15(12-19)3-6-21-7-4-15;/h13,19H,3-12H2,1-2H3,(H,16,17);1H. The predicted molar refractivity (Wildman–Crippen MR) is 99.5 cm³/mol. The summed E-state index contributed by atoms with van der Waals surface area (Å²) in [5.41, 5.74) is -0.105. The van der Waals surface area contributed by atoms with Gasteiger partial charge in [0.1, 0.15) is 0 Å². The summed E-state index contributed by atoms with van der Waals surface area (Å²) in [6.07, 6.45) is 1.83. The van der Waals surface area contributed by atoms with Crippen molar-refractivity contribution in [3.05, 3.63) is 0 Å². The molecule has 0 bridgehead atoms. The average molecular weight is 443 g/mol. The van der Waals surface area contributed by atoms with Gasteiger partial charge < -0.3 is 29.5 Å². The van der Waals surface area contributed by atoms with Gasteiger partial charge in [0.25, 0.3) is 0 Å². The normalized spacial score (nSPS) is 24.9. The van der Waals surface area contributed by atoms with Gasteiger partial charge in [-0.05, 0) is 12.8 Å². The van der Waals surface area contributed by atoms with Crippen LogP contribution in [0.1, 0.15) is 12.8 Å². The molecule has 0 aromatic heterocycles. The van der Waals surface area contributed by atoms with E-state index in [4.69, 9.17) is 14.2 Å². The van der Waals surface area contributed by atoms with Crippen LogP contribution < -0.4 is 5.32 Å². The number of methoxy groups -OCH3 is 1. The fraction of sp³-hybridized carbons (Fsp3) is 0.933. The van der Waals surface area contributed by atoms with Gasteiger partial charge in [0.05, 0.1) is 25.9 Å². The van der Waals surface area contributed by atoms with Gasteiger partial charge in [0.2, 0.25) is 0 Å². The number of rotatable bonds is 5. The lowest BCUT2D eigenvalue weighted by atomic mass is 9.81. The Hall–Kier alpha value is -0.160. The number of aliphatic hydroxyl groups is 1. The van der Waals surface area contributed by atoms with E-state index in [1.54, 1.807) is 14.2 Å². The van der Waals surface area contributed by atoms with E-state index in [1.165, 1.54) is 0 Å². The van der Waals surface area contributed by atoms with Crippen molar-refractivity contribution in [3.63, 3.8) is 0 Å². The van der Waals surface area contributed by atoms with Gasteiger partial charge in [-0.1, -0.05) is 0 Å². The molecular weight excluding hydrogens is 413 g/mol. The van der Waals surface area contributed by atoms with Crippen molar-refractivity contribution in [2.75, 3.05) is 66.8 Å². The molecule has 7 nitrogen and oxygen atoms in total. The molecule has 2 aliphatic heterocycles. The first kappa shape index (κ1) is 20.9. The number of aliphatic hydroxyl groups excluding tert-OH is 1. The quantitative estimate of drug-likeness (QED) is 0.362. The Morgan fingerprint density at radius 2 is 2.13 bits per heavy atom. The van der Waals surface area contributed by atoms with Gasteiger partial charge in [-0.2, -0.15) is 0 Å². The van der Waals surface area contributed by atoms with Gasteiger partial charge in [-0.25, -0.2) is 0 Å². The van der Waals surface area contributed by atoms with Crippen molar-refractivity contribution in [1.82, 2.24) is 10.2 Å². The molecule has 1 atom stereocenters. The number of nitrogens with one attached hydrogen (secondary N) is 1. The first-order chi connectivity index (χ1) is 10.7. The van der Waals surface area contributed by atoms with Crippen molar-refractivity contribution in [2.45, 2.75) is 18.9 Å². The molecule has 2 fully saturated rings. The van der Waals surface area contributed by atoms with Crippen molar-refractivity contribution in [2.24, 2.45) is 10.4 Å². The van der Waals surface area contributed by atoms with Crippen LogP contribution >= 0.6 is 24.0 Å². The van der Waals surface area contributed by atoms with Crippen molar-refractivity contribution in [1.29, 1.82) is 0 Å². The van der Waals surface area contributed by atoms with E-state index in [0.29, 0.717) is 33.0 Å². The molecule has 0 radical (unpaired) electrons. The summed E-state index contributed by atoms with van der Waals surface area (Å²) in [5, 5.41) is 13.2. The van der Waals surface area contributed by atoms with Crippen LogP contribution in [0.15, 0.2) is 4.99 Å². The van der Waals surface area contributed by atoms with Crippen LogP contribution in [0.3, 0.4) is 0 Å². The van der Waals surface area contributed by atoms with Gasteiger partial charge in [-0.15, -0.1) is 24.0 Å². The van der Waals surface area contributed by atoms with E-state index in [1.807, 2.05) is 0 Å². The molecule has 0 spiro atoms. The molecule has 136 valence electrons. The highest BCUT2D eigenvalue weighted by Crippen LogP contribution is 2.29. The molecule has 2 heterocycles. The summed E-state index contributed by atoms with van der Waals surface area (Å²) < 4.78 is 16.3. The average Bonchev–Trinajstić information content (AvgIpc) is 2.57. The second-order valence-electron chi connectivity index (χ2n) is 6.07. The Balaban J connectivity index is 0.00000264. The lowest BCUT2D eigenvalue weighted by Gasteiger charge is -2.39. The molecule has 0 amide bonds. The molecule has 2 aliphatic rings. The molecule has 2 rings (SSSR count). The second kappa shape index (κ2) is 10.7. The number of hydrogen-bond acceptors (Lipinski definition) is 5. The lowest BCUT2D eigenvalue weighted by Crippen LogP contribution is -2.54. The Bertz CT molecular complexity index is 363. The Morgan fingerprint density at radius 3 is 2.74 bits per heavy atom. The number of morpholine rings is 1. The molecule has 2 saturated heterocycles. The number of guanidine groups is 1. The van der Waals surface area contributed by atoms with E-state index in [-0.39, 0.29) is 42.1 Å². The van der Waals surface area contributed by atoms with Crippen LogP contribution in [-0.4, -0.2) is 88.9 Å². The van der Waals surface area contributed by atoms with Crippen LogP contribution in [0.2, 0.25) is 0 Å². The first-order valence-electron chi connectivity index (χ1n) is 7.98. The van der Waals surface area contributed by atoms with E-state index in [0.717, 1.165) is 31.9 Å². The van der Waals surface area contributed by atoms with Crippen LogP contribution in [0, 0.1) is 5.41 Å². The predicted octanol–water partition coefficient (Wildman–Crippen LogP) is 0.316. The van der Waals surface area contributed by atoms with Crippen molar-refractivity contribution < 1.29 is 19.3 Å². The zero-order valence-corrected chi connectivity index (χ0v) is 16.5. The molecule has 23 heavy (non-hydrogen) atoms. The summed E-state index contributed by atoms with van der Waals surface area (Å²) in [4.78, 5) is 6.57. The number of nitrogens with zero attached hydrogens (tertiary/aromatic N) is 2. The minimum Gasteiger partial charge on any atom is -0.396 e. The second-order valence-corrected chi connectivity index (χ2v) is 6.07. The van der Waals surface area contributed by atoms with Gasteiger partial charge in [0, 0.05) is 52.4 Å². The lowest BCUT2D eigenvalue weighted by molar-refractivity contribution is -0.0454. The zero-order valence-electron chi connectivity index (χ0n) is 14.1. The largest absolute Gasteiger partial charge is 0.396 e. The van der Waals surface area contributed by atoms with Crippen LogP contribution in [0.4, 0.5) is 0 Å². The van der Waals surface area contributed by atoms with Crippen LogP contribution in [0.5, 0.6) is 0 Å². The summed E-state index contributed by atoms with van der Waals surface area (Å²) in [7, 11) is 3.48. The number of hydrogen-bond donors (Lipinski definition) is 2. The fourth-order valence-corrected chi connectivity index (χ4v) is 2.99. The highest BCUT2D eigenvalue weighted by Gasteiger charge is 2.33. The monoisotopic (exact) mass is 443 g/mol. The first-order valence-corrected chi connectivity index (χ1v) is 7.98. The number of ether oxygens (including phenoxy) is 3. The van der Waals surface area contributed by atoms with Gasteiger partial charge >= 0.3 is 0 Å². The Kier molecular flexibility index (Phi) is 9.67. The smallest absolute Gasteiger partial charge is 0.193 e. The third-order valence-corrected chi connectivity index (χ3v) is 4.51. The molecular formula is C15H30IN3O4. The zero-order chi connectivity index (χ0) is 15.8. The summed E-state index contributed by atoms with van der Waals surface area (Å²) in [5.74, 6) is 0.865. The Morgan fingerprint density at radius 1 is 1.39 bits per heavy atom. The minimum absolute atomic E-state index is 0. The molecule has 0 aliphatic carbocycles. The molecule has 8 heteroatoms. The van der Waals surface area contributed by atoms with E-state index >= 15 is 0 Å². The third-order valence-electron chi connectivity index (χ3n) is 4.51. The highest BCUT2D eigenvalue weighted by molar-refractivity contribution is 14.0. The summed E-state index contributed by atoms with van der Waals surface area (Å²) in [6.45, 7) is 5.17. The number of halogens is 1. The van der Waals surface area contributed by atoms with E-state index < -0.39 is 0 Å². The number of aliphatic imine (C=N–C) groups is 1. The summed E-state index contributed by atoms with van der Waals surface area (Å²) >= 11 is 0. The van der Waals surface area contributed by atoms with E-state index in [9.17, 15) is 5.11 Å².